The summed E-state index contributed by atoms with van der Waals surface area (Å²) in [5.74, 6) is 1.84. The number of hydrogen-bond donors (Lipinski definition) is 2. The minimum absolute atomic E-state index is 0. The minimum Gasteiger partial charge on any atom is -0.494 e. The van der Waals surface area contributed by atoms with Crippen molar-refractivity contribution in [2.24, 2.45) is 4.99 Å². The zero-order valence-electron chi connectivity index (χ0n) is 13.1. The molecule has 1 aliphatic rings. The molecule has 0 aromatic heterocycles. The summed E-state index contributed by atoms with van der Waals surface area (Å²) in [6.45, 7) is 1.67. The highest BCUT2D eigenvalue weighted by Gasteiger charge is 2.10. The predicted molar refractivity (Wildman–Crippen MR) is 103 cm³/mol. The van der Waals surface area contributed by atoms with Gasteiger partial charge >= 0.3 is 0 Å². The zero-order valence-corrected chi connectivity index (χ0v) is 15.5. The molecule has 1 aromatic carbocycles. The van der Waals surface area contributed by atoms with Crippen molar-refractivity contribution in [2.45, 2.75) is 31.7 Å². The summed E-state index contributed by atoms with van der Waals surface area (Å²) in [6, 6.07) is 10.4. The predicted octanol–water partition coefficient (Wildman–Crippen LogP) is 3.35. The van der Waals surface area contributed by atoms with E-state index in [4.69, 9.17) is 4.74 Å². The number of nitrogens with zero attached hydrogens (tertiary/aromatic N) is 1. The highest BCUT2D eigenvalue weighted by Crippen LogP contribution is 2.09. The summed E-state index contributed by atoms with van der Waals surface area (Å²) >= 11 is 0. The first-order chi connectivity index (χ1) is 10.4. The number of benzene rings is 1. The van der Waals surface area contributed by atoms with E-state index in [1.54, 1.807) is 0 Å². The molecular weight excluding hydrogens is 389 g/mol. The lowest BCUT2D eigenvalue weighted by Crippen LogP contribution is -2.42. The van der Waals surface area contributed by atoms with Crippen molar-refractivity contribution in [3.63, 3.8) is 0 Å². The normalized spacial score (nSPS) is 14.5. The first kappa shape index (κ1) is 18.8. The molecule has 0 bridgehead atoms. The molecule has 22 heavy (non-hydrogen) atoms. The van der Waals surface area contributed by atoms with Gasteiger partial charge in [0.2, 0.25) is 0 Å². The van der Waals surface area contributed by atoms with E-state index in [2.05, 4.69) is 27.8 Å². The number of hydrogen-bond acceptors (Lipinski definition) is 2. The van der Waals surface area contributed by atoms with Crippen LogP contribution in [0.1, 0.15) is 25.7 Å². The Labute approximate surface area is 150 Å². The second-order valence-electron chi connectivity index (χ2n) is 5.15. The average Bonchev–Trinajstić information content (AvgIpc) is 3.03. The van der Waals surface area contributed by atoms with Gasteiger partial charge in [-0.3, -0.25) is 4.99 Å². The maximum Gasteiger partial charge on any atom is 0.191 e. The van der Waals surface area contributed by atoms with Crippen LogP contribution >= 0.6 is 24.0 Å². The van der Waals surface area contributed by atoms with Crippen molar-refractivity contribution in [1.82, 2.24) is 10.6 Å². The Balaban J connectivity index is 0.00000242. The molecular formula is C17H26IN3O. The molecule has 0 amide bonds. The molecule has 0 unspecified atom stereocenters. The summed E-state index contributed by atoms with van der Waals surface area (Å²) in [5.41, 5.74) is 0. The quantitative estimate of drug-likeness (QED) is 0.236. The molecule has 0 saturated carbocycles. The lowest BCUT2D eigenvalue weighted by atomic mass is 10.2. The molecule has 1 aromatic rings. The Morgan fingerprint density at radius 1 is 1.18 bits per heavy atom. The first-order valence-corrected chi connectivity index (χ1v) is 7.68. The van der Waals surface area contributed by atoms with Gasteiger partial charge in [-0.25, -0.2) is 0 Å². The highest BCUT2D eigenvalue weighted by molar-refractivity contribution is 14.0. The lowest BCUT2D eigenvalue weighted by molar-refractivity contribution is 0.307. The number of rotatable bonds is 7. The molecule has 0 aliphatic heterocycles. The number of halogens is 1. The van der Waals surface area contributed by atoms with E-state index in [1.807, 2.05) is 37.4 Å². The van der Waals surface area contributed by atoms with Crippen molar-refractivity contribution >= 4 is 29.9 Å². The molecule has 0 fully saturated rings. The van der Waals surface area contributed by atoms with Gasteiger partial charge in [0.25, 0.3) is 0 Å². The van der Waals surface area contributed by atoms with Crippen LogP contribution in [0.15, 0.2) is 47.5 Å². The second-order valence-corrected chi connectivity index (χ2v) is 5.15. The molecule has 0 spiro atoms. The van der Waals surface area contributed by atoms with Gasteiger partial charge in [0, 0.05) is 19.6 Å². The van der Waals surface area contributed by atoms with E-state index in [0.29, 0.717) is 6.04 Å². The summed E-state index contributed by atoms with van der Waals surface area (Å²) in [6.07, 6.45) is 8.70. The molecule has 4 nitrogen and oxygen atoms in total. The van der Waals surface area contributed by atoms with Crippen molar-refractivity contribution in [3.8, 4) is 5.75 Å². The van der Waals surface area contributed by atoms with Crippen molar-refractivity contribution in [3.05, 3.63) is 42.5 Å². The molecule has 0 atom stereocenters. The van der Waals surface area contributed by atoms with E-state index in [0.717, 1.165) is 50.5 Å². The molecule has 0 radical (unpaired) electrons. The maximum absolute atomic E-state index is 5.67. The van der Waals surface area contributed by atoms with Gasteiger partial charge < -0.3 is 15.4 Å². The van der Waals surface area contributed by atoms with Gasteiger partial charge in [-0.1, -0.05) is 30.4 Å². The van der Waals surface area contributed by atoms with E-state index in [9.17, 15) is 0 Å². The fraction of sp³-hybridized carbons (Fsp3) is 0.471. The lowest BCUT2D eigenvalue weighted by Gasteiger charge is -2.16. The molecule has 2 rings (SSSR count). The third-order valence-corrected chi connectivity index (χ3v) is 3.45. The number of nitrogens with one attached hydrogen (secondary N) is 2. The van der Waals surface area contributed by atoms with Crippen LogP contribution in [0.5, 0.6) is 5.75 Å². The van der Waals surface area contributed by atoms with Gasteiger partial charge in [-0.2, -0.15) is 0 Å². The van der Waals surface area contributed by atoms with Crippen LogP contribution in [-0.4, -0.2) is 32.2 Å². The molecule has 122 valence electrons. The number of ether oxygens (including phenoxy) is 1. The van der Waals surface area contributed by atoms with Gasteiger partial charge in [0.15, 0.2) is 5.96 Å². The Morgan fingerprint density at radius 2 is 1.91 bits per heavy atom. The van der Waals surface area contributed by atoms with Crippen LogP contribution in [0.3, 0.4) is 0 Å². The Morgan fingerprint density at radius 3 is 2.59 bits per heavy atom. The van der Waals surface area contributed by atoms with Crippen LogP contribution < -0.4 is 15.4 Å². The van der Waals surface area contributed by atoms with Crippen molar-refractivity contribution in [2.75, 3.05) is 20.2 Å². The van der Waals surface area contributed by atoms with E-state index in [-0.39, 0.29) is 24.0 Å². The third-order valence-electron chi connectivity index (χ3n) is 3.45. The summed E-state index contributed by atoms with van der Waals surface area (Å²) in [7, 11) is 1.82. The fourth-order valence-electron chi connectivity index (χ4n) is 2.26. The Bertz CT molecular complexity index is 454. The van der Waals surface area contributed by atoms with Crippen molar-refractivity contribution < 1.29 is 4.74 Å². The van der Waals surface area contributed by atoms with E-state index >= 15 is 0 Å². The topological polar surface area (TPSA) is 45.7 Å². The van der Waals surface area contributed by atoms with Gasteiger partial charge in [-0.05, 0) is 37.8 Å². The van der Waals surface area contributed by atoms with E-state index in [1.165, 1.54) is 0 Å². The number of guanidine groups is 1. The van der Waals surface area contributed by atoms with Crippen LogP contribution in [0, 0.1) is 0 Å². The monoisotopic (exact) mass is 415 g/mol. The zero-order chi connectivity index (χ0) is 14.8. The molecule has 0 saturated heterocycles. The summed E-state index contributed by atoms with van der Waals surface area (Å²) in [5, 5.41) is 6.78. The standard InChI is InChI=1S/C17H25N3O.HI/c1-18-17(20-15-9-5-6-10-15)19-13-7-8-14-21-16-11-3-2-4-12-16;/h2-6,11-12,15H,7-10,13-14H2,1H3,(H2,18,19,20);1H. The fourth-order valence-corrected chi connectivity index (χ4v) is 2.26. The van der Waals surface area contributed by atoms with Gasteiger partial charge in [0.1, 0.15) is 5.75 Å². The van der Waals surface area contributed by atoms with Gasteiger partial charge in [0.05, 0.1) is 6.61 Å². The molecule has 0 heterocycles. The summed E-state index contributed by atoms with van der Waals surface area (Å²) < 4.78 is 5.67. The van der Waals surface area contributed by atoms with Crippen LogP contribution in [0.25, 0.3) is 0 Å². The largest absolute Gasteiger partial charge is 0.494 e. The van der Waals surface area contributed by atoms with Gasteiger partial charge in [-0.15, -0.1) is 24.0 Å². The number of aliphatic imine (C=N–C) groups is 1. The van der Waals surface area contributed by atoms with Crippen molar-refractivity contribution in [1.29, 1.82) is 0 Å². The third kappa shape index (κ3) is 7.15. The van der Waals surface area contributed by atoms with Crippen LogP contribution in [-0.2, 0) is 0 Å². The Kier molecular flexibility index (Phi) is 9.70. The van der Waals surface area contributed by atoms with Crippen LogP contribution in [0.2, 0.25) is 0 Å². The first-order valence-electron chi connectivity index (χ1n) is 7.68. The minimum atomic E-state index is 0. The summed E-state index contributed by atoms with van der Waals surface area (Å²) in [4.78, 5) is 4.25. The smallest absolute Gasteiger partial charge is 0.191 e. The highest BCUT2D eigenvalue weighted by atomic mass is 127. The number of unbranched alkanes of at least 4 members (excludes halogenated alkanes) is 1. The van der Waals surface area contributed by atoms with E-state index < -0.39 is 0 Å². The van der Waals surface area contributed by atoms with Crippen LogP contribution in [0.4, 0.5) is 0 Å². The number of para-hydroxylation sites is 1. The second kappa shape index (κ2) is 11.3. The molecule has 1 aliphatic carbocycles. The molecule has 2 N–H and O–H groups in total. The molecule has 5 heteroatoms. The maximum atomic E-state index is 5.67. The SMILES string of the molecule is CN=C(NCCCCOc1ccccc1)NC1CC=CC1.I. The Hall–Kier alpha value is -1.24. The average molecular weight is 415 g/mol.